The minimum Gasteiger partial charge on any atom is -0.378 e. The van der Waals surface area contributed by atoms with Gasteiger partial charge < -0.3 is 4.74 Å². The quantitative estimate of drug-likeness (QED) is 0.654. The Bertz CT molecular complexity index is 408. The van der Waals surface area contributed by atoms with Crippen molar-refractivity contribution in [3.63, 3.8) is 0 Å². The van der Waals surface area contributed by atoms with Gasteiger partial charge in [-0.15, -0.1) is 0 Å². The Morgan fingerprint density at radius 3 is 3.07 bits per heavy atom. The van der Waals surface area contributed by atoms with Crippen molar-refractivity contribution in [3.05, 3.63) is 27.5 Å². The molecule has 2 atom stereocenters. The molecular formula is C11H11Cl2NO. The van der Waals surface area contributed by atoms with E-state index >= 15 is 0 Å². The van der Waals surface area contributed by atoms with Crippen molar-refractivity contribution in [3.8, 4) is 0 Å². The second-order valence-corrected chi connectivity index (χ2v) is 4.98. The van der Waals surface area contributed by atoms with Crippen LogP contribution in [0.3, 0.4) is 0 Å². The highest BCUT2D eigenvalue weighted by Gasteiger charge is 2.34. The highest BCUT2D eigenvalue weighted by atomic mass is 35.5. The summed E-state index contributed by atoms with van der Waals surface area (Å²) in [5, 5.41) is 1.05. The fraction of sp³-hybridized carbons (Fsp3) is 0.545. The number of rotatable bonds is 0. The van der Waals surface area contributed by atoms with Gasteiger partial charge >= 0.3 is 0 Å². The Kier molecular flexibility index (Phi) is 2.38. The molecule has 2 heterocycles. The normalized spacial score (nSPS) is 28.7. The van der Waals surface area contributed by atoms with E-state index in [2.05, 4.69) is 4.98 Å². The van der Waals surface area contributed by atoms with Gasteiger partial charge in [0.15, 0.2) is 0 Å². The van der Waals surface area contributed by atoms with Crippen LogP contribution in [-0.4, -0.2) is 17.7 Å². The smallest absolute Gasteiger partial charge is 0.134 e. The topological polar surface area (TPSA) is 22.1 Å². The zero-order chi connectivity index (χ0) is 10.4. The third-order valence-corrected chi connectivity index (χ3v) is 3.87. The fourth-order valence-corrected chi connectivity index (χ4v) is 3.13. The maximum absolute atomic E-state index is 6.10. The molecule has 2 aliphatic rings. The van der Waals surface area contributed by atoms with Gasteiger partial charge in [0.1, 0.15) is 10.3 Å². The third-order valence-electron chi connectivity index (χ3n) is 3.37. The van der Waals surface area contributed by atoms with E-state index in [1.165, 1.54) is 11.1 Å². The van der Waals surface area contributed by atoms with Gasteiger partial charge in [-0.2, -0.15) is 0 Å². The molecule has 1 aromatic heterocycles. The maximum atomic E-state index is 6.10. The lowest BCUT2D eigenvalue weighted by atomic mass is 9.82. The van der Waals surface area contributed by atoms with Gasteiger partial charge in [0, 0.05) is 6.61 Å². The highest BCUT2D eigenvalue weighted by molar-refractivity contribution is 6.33. The first kappa shape index (κ1) is 9.88. The van der Waals surface area contributed by atoms with Crippen molar-refractivity contribution in [2.75, 3.05) is 6.61 Å². The molecule has 2 unspecified atom stereocenters. The van der Waals surface area contributed by atoms with E-state index in [-0.39, 0.29) is 0 Å². The van der Waals surface area contributed by atoms with E-state index in [0.29, 0.717) is 22.3 Å². The summed E-state index contributed by atoms with van der Waals surface area (Å²) in [5.74, 6) is 0.623. The van der Waals surface area contributed by atoms with Crippen molar-refractivity contribution in [2.45, 2.75) is 25.4 Å². The Morgan fingerprint density at radius 2 is 2.20 bits per heavy atom. The Hall–Kier alpha value is -0.310. The number of hydrogen-bond acceptors (Lipinski definition) is 2. The van der Waals surface area contributed by atoms with Crippen LogP contribution in [0.5, 0.6) is 0 Å². The molecule has 80 valence electrons. The van der Waals surface area contributed by atoms with E-state index in [4.69, 9.17) is 27.9 Å². The van der Waals surface area contributed by atoms with Crippen molar-refractivity contribution in [2.24, 2.45) is 5.92 Å². The first-order valence-electron chi connectivity index (χ1n) is 5.19. The molecular weight excluding hydrogens is 233 g/mol. The number of halogens is 2. The molecule has 0 amide bonds. The molecule has 0 bridgehead atoms. The average Bonchev–Trinajstić information content (AvgIpc) is 2.61. The lowest BCUT2D eigenvalue weighted by Crippen LogP contribution is -2.27. The highest BCUT2D eigenvalue weighted by Crippen LogP contribution is 2.37. The van der Waals surface area contributed by atoms with Crippen molar-refractivity contribution < 1.29 is 4.74 Å². The molecule has 1 saturated heterocycles. The number of aromatic nitrogens is 1. The average molecular weight is 244 g/mol. The summed E-state index contributed by atoms with van der Waals surface area (Å²) in [5.41, 5.74) is 2.39. The predicted molar refractivity (Wildman–Crippen MR) is 59.5 cm³/mol. The van der Waals surface area contributed by atoms with Crippen LogP contribution in [0.2, 0.25) is 10.3 Å². The summed E-state index contributed by atoms with van der Waals surface area (Å²) in [7, 11) is 0. The molecule has 0 aromatic carbocycles. The van der Waals surface area contributed by atoms with E-state index < -0.39 is 0 Å². The van der Waals surface area contributed by atoms with Crippen molar-refractivity contribution >= 4 is 23.2 Å². The standard InChI is InChI=1S/C11H11Cl2NO/c12-10-5-7-4-9-6(1-2-15-9)3-8(7)11(13)14-10/h5-6,9H,1-4H2. The van der Waals surface area contributed by atoms with E-state index in [1.54, 1.807) is 0 Å². The summed E-state index contributed by atoms with van der Waals surface area (Å²) in [6, 6.07) is 1.92. The molecule has 3 rings (SSSR count). The van der Waals surface area contributed by atoms with Crippen molar-refractivity contribution in [1.29, 1.82) is 0 Å². The fourth-order valence-electron chi connectivity index (χ4n) is 2.59. The van der Waals surface area contributed by atoms with Gasteiger partial charge in [-0.25, -0.2) is 4.98 Å². The van der Waals surface area contributed by atoms with Crippen molar-refractivity contribution in [1.82, 2.24) is 4.98 Å². The molecule has 1 aromatic rings. The SMILES string of the molecule is Clc1cc2c(c(Cl)n1)CC1CCOC1C2. The Balaban J connectivity index is 2.03. The summed E-state index contributed by atoms with van der Waals surface area (Å²) in [6.07, 6.45) is 3.43. The van der Waals surface area contributed by atoms with Gasteiger partial charge in [-0.3, -0.25) is 0 Å². The predicted octanol–water partition coefficient (Wildman–Crippen LogP) is 2.89. The molecule has 2 nitrogen and oxygen atoms in total. The van der Waals surface area contributed by atoms with E-state index in [1.807, 2.05) is 6.07 Å². The number of nitrogens with zero attached hydrogens (tertiary/aromatic N) is 1. The summed E-state index contributed by atoms with van der Waals surface area (Å²) < 4.78 is 5.69. The Labute approximate surface area is 98.5 Å². The summed E-state index contributed by atoms with van der Waals surface area (Å²) >= 11 is 12.0. The van der Waals surface area contributed by atoms with E-state index in [0.717, 1.165) is 25.9 Å². The first-order chi connectivity index (χ1) is 7.24. The number of ether oxygens (including phenoxy) is 1. The molecule has 15 heavy (non-hydrogen) atoms. The van der Waals surface area contributed by atoms with Crippen LogP contribution in [0.1, 0.15) is 17.5 Å². The van der Waals surface area contributed by atoms with Crippen LogP contribution >= 0.6 is 23.2 Å². The zero-order valence-electron chi connectivity index (χ0n) is 8.17. The number of fused-ring (bicyclic) bond motifs is 2. The van der Waals surface area contributed by atoms with Crippen LogP contribution in [0.25, 0.3) is 0 Å². The van der Waals surface area contributed by atoms with Gasteiger partial charge in [-0.1, -0.05) is 23.2 Å². The van der Waals surface area contributed by atoms with E-state index in [9.17, 15) is 0 Å². The second kappa shape index (κ2) is 3.62. The van der Waals surface area contributed by atoms with Gasteiger partial charge in [0.05, 0.1) is 6.10 Å². The van der Waals surface area contributed by atoms with Gasteiger partial charge in [-0.05, 0) is 42.4 Å². The maximum Gasteiger partial charge on any atom is 0.134 e. The minimum absolute atomic E-state index is 0.368. The van der Waals surface area contributed by atoms with Crippen LogP contribution in [0, 0.1) is 5.92 Å². The monoisotopic (exact) mass is 243 g/mol. The van der Waals surface area contributed by atoms with Crippen LogP contribution in [0.15, 0.2) is 6.07 Å². The largest absolute Gasteiger partial charge is 0.378 e. The molecule has 1 aliphatic heterocycles. The van der Waals surface area contributed by atoms with Gasteiger partial charge in [0.25, 0.3) is 0 Å². The summed E-state index contributed by atoms with van der Waals surface area (Å²) in [6.45, 7) is 0.877. The second-order valence-electron chi connectivity index (χ2n) is 4.24. The molecule has 4 heteroatoms. The molecule has 0 saturated carbocycles. The third kappa shape index (κ3) is 1.65. The summed E-state index contributed by atoms with van der Waals surface area (Å²) in [4.78, 5) is 4.09. The Morgan fingerprint density at radius 1 is 1.33 bits per heavy atom. The zero-order valence-corrected chi connectivity index (χ0v) is 9.68. The van der Waals surface area contributed by atoms with Gasteiger partial charge in [0.2, 0.25) is 0 Å². The molecule has 1 aliphatic carbocycles. The molecule has 0 radical (unpaired) electrons. The molecule has 0 spiro atoms. The van der Waals surface area contributed by atoms with Crippen LogP contribution < -0.4 is 0 Å². The van der Waals surface area contributed by atoms with Crippen LogP contribution in [-0.2, 0) is 17.6 Å². The molecule has 0 N–H and O–H groups in total. The first-order valence-corrected chi connectivity index (χ1v) is 5.95. The lowest BCUT2D eigenvalue weighted by molar-refractivity contribution is 0.0862. The molecule has 1 fully saturated rings. The minimum atomic E-state index is 0.368. The van der Waals surface area contributed by atoms with Crippen LogP contribution in [0.4, 0.5) is 0 Å². The lowest BCUT2D eigenvalue weighted by Gasteiger charge is -2.26. The number of pyridine rings is 1. The number of hydrogen-bond donors (Lipinski definition) is 0.